The molecule has 2 aromatic rings. The molecule has 2 rings (SSSR count). The van der Waals surface area contributed by atoms with Crippen molar-refractivity contribution in [1.29, 1.82) is 0 Å². The Morgan fingerprint density at radius 1 is 1.33 bits per heavy atom. The van der Waals surface area contributed by atoms with Crippen molar-refractivity contribution in [3.8, 4) is 0 Å². The van der Waals surface area contributed by atoms with Gasteiger partial charge >= 0.3 is 0 Å². The lowest BCUT2D eigenvalue weighted by atomic mass is 10.2. The molecular weight excluding hydrogens is 350 g/mol. The van der Waals surface area contributed by atoms with Gasteiger partial charge in [-0.15, -0.1) is 22.7 Å². The summed E-state index contributed by atoms with van der Waals surface area (Å²) >= 11 is 13.2. The van der Waals surface area contributed by atoms with Crippen LogP contribution in [0.5, 0.6) is 0 Å². The van der Waals surface area contributed by atoms with Gasteiger partial charge in [-0.2, -0.15) is 0 Å². The van der Waals surface area contributed by atoms with E-state index in [9.17, 15) is 0 Å². The molecule has 0 saturated heterocycles. The molecule has 1 N–H and O–H groups in total. The summed E-state index contributed by atoms with van der Waals surface area (Å²) in [5.41, 5.74) is 0. The summed E-state index contributed by atoms with van der Waals surface area (Å²) in [5, 5.41) is 4.39. The molecule has 2 heterocycles. The number of hydrogen-bond donors (Lipinski definition) is 1. The Labute approximate surface area is 129 Å². The molecule has 0 amide bonds. The molecule has 0 spiro atoms. The highest BCUT2D eigenvalue weighted by Crippen LogP contribution is 2.38. The second-order valence-electron chi connectivity index (χ2n) is 4.11. The van der Waals surface area contributed by atoms with E-state index < -0.39 is 0 Å². The van der Waals surface area contributed by atoms with Crippen LogP contribution in [0, 0.1) is 6.92 Å². The first-order chi connectivity index (χ1) is 8.61. The molecule has 1 nitrogen and oxygen atoms in total. The van der Waals surface area contributed by atoms with Gasteiger partial charge in [0.2, 0.25) is 0 Å². The summed E-state index contributed by atoms with van der Waals surface area (Å²) in [6, 6.07) is 6.69. The Kier molecular flexibility index (Phi) is 5.27. The third-order valence-electron chi connectivity index (χ3n) is 2.59. The van der Waals surface area contributed by atoms with Crippen molar-refractivity contribution in [1.82, 2.24) is 5.32 Å². The van der Waals surface area contributed by atoms with Crippen LogP contribution in [0.15, 0.2) is 22.0 Å². The van der Waals surface area contributed by atoms with E-state index in [2.05, 4.69) is 53.3 Å². The normalized spacial score (nSPS) is 12.9. The topological polar surface area (TPSA) is 12.0 Å². The highest BCUT2D eigenvalue weighted by molar-refractivity contribution is 9.11. The van der Waals surface area contributed by atoms with Crippen LogP contribution in [0.25, 0.3) is 0 Å². The molecule has 0 radical (unpaired) electrons. The molecule has 0 saturated carbocycles. The lowest BCUT2D eigenvalue weighted by Crippen LogP contribution is -2.21. The summed E-state index contributed by atoms with van der Waals surface area (Å²) in [6.07, 6.45) is 1.13. The van der Waals surface area contributed by atoms with Crippen LogP contribution in [0.4, 0.5) is 0 Å². The molecule has 0 fully saturated rings. The van der Waals surface area contributed by atoms with E-state index in [1.165, 1.54) is 14.6 Å². The van der Waals surface area contributed by atoms with Gasteiger partial charge < -0.3 is 5.32 Å². The van der Waals surface area contributed by atoms with Crippen molar-refractivity contribution in [3.63, 3.8) is 0 Å². The van der Waals surface area contributed by atoms with Gasteiger partial charge in [-0.05, 0) is 54.0 Å². The summed E-state index contributed by atoms with van der Waals surface area (Å²) in [7, 11) is 0. The maximum Gasteiger partial charge on any atom is 0.0888 e. The largest absolute Gasteiger partial charge is 0.305 e. The SMILES string of the molecule is CCCNC(c1ccc(C)s1)c1cc(Cl)c(Br)s1. The van der Waals surface area contributed by atoms with Gasteiger partial charge in [0.25, 0.3) is 0 Å². The number of nitrogens with one attached hydrogen (secondary N) is 1. The van der Waals surface area contributed by atoms with Crippen LogP contribution in [0.3, 0.4) is 0 Å². The molecule has 98 valence electrons. The molecular formula is C13H15BrClNS2. The van der Waals surface area contributed by atoms with Gasteiger partial charge in [0, 0.05) is 14.6 Å². The Balaban J connectivity index is 2.30. The van der Waals surface area contributed by atoms with E-state index in [0.717, 1.165) is 21.8 Å². The van der Waals surface area contributed by atoms with E-state index in [0.29, 0.717) is 0 Å². The molecule has 2 aromatic heterocycles. The van der Waals surface area contributed by atoms with Crippen LogP contribution < -0.4 is 5.32 Å². The zero-order valence-corrected chi connectivity index (χ0v) is 14.3. The standard InChI is InChI=1S/C13H15BrClNS2/c1-3-6-16-12(10-5-4-8(2)17-10)11-7-9(15)13(14)18-11/h4-5,7,12,16H,3,6H2,1-2H3. The van der Waals surface area contributed by atoms with Crippen LogP contribution in [0.1, 0.15) is 34.0 Å². The zero-order chi connectivity index (χ0) is 13.1. The fourth-order valence-electron chi connectivity index (χ4n) is 1.74. The van der Waals surface area contributed by atoms with Crippen molar-refractivity contribution in [2.24, 2.45) is 0 Å². The van der Waals surface area contributed by atoms with Gasteiger partial charge in [-0.1, -0.05) is 18.5 Å². The lowest BCUT2D eigenvalue weighted by Gasteiger charge is -2.15. The van der Waals surface area contributed by atoms with Crippen molar-refractivity contribution >= 4 is 50.2 Å². The Bertz CT molecular complexity index is 501. The molecule has 1 unspecified atom stereocenters. The Hall–Kier alpha value is 0.130. The lowest BCUT2D eigenvalue weighted by molar-refractivity contribution is 0.613. The molecule has 0 aliphatic carbocycles. The Morgan fingerprint density at radius 3 is 2.61 bits per heavy atom. The van der Waals surface area contributed by atoms with Crippen molar-refractivity contribution < 1.29 is 0 Å². The Morgan fingerprint density at radius 2 is 2.11 bits per heavy atom. The van der Waals surface area contributed by atoms with Gasteiger partial charge in [-0.3, -0.25) is 0 Å². The van der Waals surface area contributed by atoms with Gasteiger partial charge in [-0.25, -0.2) is 0 Å². The minimum Gasteiger partial charge on any atom is -0.305 e. The average Bonchev–Trinajstić information content (AvgIpc) is 2.88. The quantitative estimate of drug-likeness (QED) is 0.725. The second-order valence-corrected chi connectivity index (χ2v) is 8.23. The minimum atomic E-state index is 0.262. The monoisotopic (exact) mass is 363 g/mol. The molecule has 1 atom stereocenters. The average molecular weight is 365 g/mol. The first kappa shape index (κ1) is 14.5. The zero-order valence-electron chi connectivity index (χ0n) is 10.3. The van der Waals surface area contributed by atoms with Crippen molar-refractivity contribution in [3.05, 3.63) is 41.6 Å². The van der Waals surface area contributed by atoms with E-state index in [1.54, 1.807) is 11.3 Å². The first-order valence-electron chi connectivity index (χ1n) is 5.86. The molecule has 5 heteroatoms. The molecule has 0 aliphatic rings. The predicted octanol–water partition coefficient (Wildman–Crippen LogP) is 5.62. The van der Waals surface area contributed by atoms with E-state index >= 15 is 0 Å². The van der Waals surface area contributed by atoms with E-state index in [4.69, 9.17) is 11.6 Å². The number of halogens is 2. The summed E-state index contributed by atoms with van der Waals surface area (Å²) < 4.78 is 1.01. The highest BCUT2D eigenvalue weighted by Gasteiger charge is 2.18. The number of thiophene rings is 2. The van der Waals surface area contributed by atoms with Crippen LogP contribution in [-0.2, 0) is 0 Å². The smallest absolute Gasteiger partial charge is 0.0888 e. The third-order valence-corrected chi connectivity index (χ3v) is 6.20. The first-order valence-corrected chi connectivity index (χ1v) is 8.66. The van der Waals surface area contributed by atoms with Crippen LogP contribution in [0.2, 0.25) is 5.02 Å². The summed E-state index contributed by atoms with van der Waals surface area (Å²) in [6.45, 7) is 5.33. The van der Waals surface area contributed by atoms with Crippen molar-refractivity contribution in [2.45, 2.75) is 26.3 Å². The maximum absolute atomic E-state index is 6.14. The van der Waals surface area contributed by atoms with E-state index in [1.807, 2.05) is 11.3 Å². The van der Waals surface area contributed by atoms with Crippen molar-refractivity contribution in [2.75, 3.05) is 6.54 Å². The van der Waals surface area contributed by atoms with Gasteiger partial charge in [0.1, 0.15) is 0 Å². The number of hydrogen-bond acceptors (Lipinski definition) is 3. The number of rotatable bonds is 5. The number of aryl methyl sites for hydroxylation is 1. The second kappa shape index (κ2) is 6.53. The minimum absolute atomic E-state index is 0.262. The summed E-state index contributed by atoms with van der Waals surface area (Å²) in [4.78, 5) is 3.96. The molecule has 0 aromatic carbocycles. The fraction of sp³-hybridized carbons (Fsp3) is 0.385. The summed E-state index contributed by atoms with van der Waals surface area (Å²) in [5.74, 6) is 0. The van der Waals surface area contributed by atoms with Crippen LogP contribution >= 0.6 is 50.2 Å². The molecule has 18 heavy (non-hydrogen) atoms. The maximum atomic E-state index is 6.14. The van der Waals surface area contributed by atoms with E-state index in [-0.39, 0.29) is 6.04 Å². The predicted molar refractivity (Wildman–Crippen MR) is 86.2 cm³/mol. The van der Waals surface area contributed by atoms with Gasteiger partial charge in [0.05, 0.1) is 14.9 Å². The fourth-order valence-corrected chi connectivity index (χ4v) is 4.63. The highest BCUT2D eigenvalue weighted by atomic mass is 79.9. The third kappa shape index (κ3) is 3.36. The van der Waals surface area contributed by atoms with Crippen LogP contribution in [-0.4, -0.2) is 6.54 Å². The molecule has 0 bridgehead atoms. The molecule has 0 aliphatic heterocycles. The van der Waals surface area contributed by atoms with Gasteiger partial charge in [0.15, 0.2) is 0 Å².